The van der Waals surface area contributed by atoms with Gasteiger partial charge in [0.25, 0.3) is 0 Å². The largest absolute Gasteiger partial charge is 0.481 e. The Kier molecular flexibility index (Phi) is 9.46. The number of fused-ring (bicyclic) bond motifs is 2. The molecule has 0 saturated carbocycles. The standard InChI is InChI=1S/C27H44N2O13/c1-25(2,3)42-24(33)29-10-12(14-16(34-8)18-22(36-14)40-26(4,5)38-18)20(30)28-11-13(21(31)32)15-17(35-9)19-23(37-15)41-27(6,7)39-19/h12-19,22-23H,10-11H2,1-9H3,(H,28,30)(H,29,33)(H,31,32)/t12-,13+,14-,15-,16+,17+,18-,19-,22-,23-/m1/s1. The summed E-state index contributed by atoms with van der Waals surface area (Å²) in [7, 11) is 2.89. The van der Waals surface area contributed by atoms with Crippen LogP contribution in [-0.4, -0.2) is 117 Å². The molecule has 4 heterocycles. The van der Waals surface area contributed by atoms with Gasteiger partial charge in [0, 0.05) is 27.3 Å². The molecule has 0 aromatic heterocycles. The van der Waals surface area contributed by atoms with Crippen molar-refractivity contribution in [2.24, 2.45) is 11.8 Å². The fraction of sp³-hybridized carbons (Fsp3) is 0.889. The zero-order chi connectivity index (χ0) is 31.2. The number of amides is 2. The van der Waals surface area contributed by atoms with Gasteiger partial charge in [0.15, 0.2) is 24.2 Å². The number of methoxy groups -OCH3 is 2. The van der Waals surface area contributed by atoms with E-state index in [1.54, 1.807) is 48.5 Å². The number of carbonyl (C=O) groups excluding carboxylic acids is 2. The highest BCUT2D eigenvalue weighted by atomic mass is 16.9. The quantitative estimate of drug-likeness (QED) is 0.318. The Balaban J connectivity index is 1.48. The van der Waals surface area contributed by atoms with Gasteiger partial charge in [-0.1, -0.05) is 0 Å². The Morgan fingerprint density at radius 2 is 1.24 bits per heavy atom. The van der Waals surface area contributed by atoms with E-state index in [1.165, 1.54) is 14.2 Å². The minimum absolute atomic E-state index is 0.201. The summed E-state index contributed by atoms with van der Waals surface area (Å²) >= 11 is 0. The van der Waals surface area contributed by atoms with Gasteiger partial charge in [-0.15, -0.1) is 0 Å². The number of carbonyl (C=O) groups is 3. The molecule has 0 aromatic carbocycles. The predicted molar refractivity (Wildman–Crippen MR) is 141 cm³/mol. The van der Waals surface area contributed by atoms with Gasteiger partial charge in [-0.2, -0.15) is 0 Å². The molecule has 4 aliphatic heterocycles. The molecule has 0 aromatic rings. The average molecular weight is 605 g/mol. The maximum absolute atomic E-state index is 13.7. The number of alkyl carbamates (subject to hydrolysis) is 1. The van der Waals surface area contributed by atoms with Crippen LogP contribution in [0.1, 0.15) is 48.5 Å². The second kappa shape index (κ2) is 12.1. The minimum atomic E-state index is -1.21. The molecule has 3 N–H and O–H groups in total. The molecule has 0 spiro atoms. The number of hydrogen-bond donors (Lipinski definition) is 3. The number of hydrogen-bond acceptors (Lipinski definition) is 12. The summed E-state index contributed by atoms with van der Waals surface area (Å²) in [4.78, 5) is 38.5. The van der Waals surface area contributed by atoms with Crippen molar-refractivity contribution in [3.8, 4) is 0 Å². The number of aliphatic carboxylic acids is 1. The molecule has 15 heteroatoms. The first-order valence-corrected chi connectivity index (χ1v) is 14.0. The van der Waals surface area contributed by atoms with Gasteiger partial charge in [-0.25, -0.2) is 4.79 Å². The Bertz CT molecular complexity index is 1010. The van der Waals surface area contributed by atoms with Gasteiger partial charge in [-0.05, 0) is 48.5 Å². The van der Waals surface area contributed by atoms with Crippen LogP contribution in [0.15, 0.2) is 0 Å². The summed E-state index contributed by atoms with van der Waals surface area (Å²) in [5.74, 6) is -5.89. The van der Waals surface area contributed by atoms with Crippen molar-refractivity contribution < 1.29 is 62.1 Å². The van der Waals surface area contributed by atoms with Crippen LogP contribution in [-0.2, 0) is 52.2 Å². The van der Waals surface area contributed by atoms with E-state index in [-0.39, 0.29) is 13.1 Å². The highest BCUT2D eigenvalue weighted by molar-refractivity contribution is 5.81. The predicted octanol–water partition coefficient (Wildman–Crippen LogP) is 0.727. The second-order valence-electron chi connectivity index (χ2n) is 12.7. The first-order chi connectivity index (χ1) is 19.4. The van der Waals surface area contributed by atoms with Crippen LogP contribution in [0.4, 0.5) is 4.79 Å². The first-order valence-electron chi connectivity index (χ1n) is 14.0. The third kappa shape index (κ3) is 7.16. The zero-order valence-corrected chi connectivity index (χ0v) is 25.5. The van der Waals surface area contributed by atoms with Gasteiger partial charge in [-0.3, -0.25) is 9.59 Å². The molecule has 0 aliphatic carbocycles. The molecular weight excluding hydrogens is 560 g/mol. The normalized spacial score (nSPS) is 36.1. The van der Waals surface area contributed by atoms with Crippen molar-refractivity contribution in [2.45, 2.75) is 115 Å². The SMILES string of the molecule is CO[C@@H]1[C@H]2OC(C)(C)O[C@H]2O[C@@H]1[C@H](CNC(=O)[C@H](CNC(=O)OC(C)(C)C)[C@H]1O[C@@H]2OC(C)(C)O[C@@H]2[C@H]1OC)C(=O)O. The van der Waals surface area contributed by atoms with Crippen molar-refractivity contribution in [1.29, 1.82) is 0 Å². The van der Waals surface area contributed by atoms with E-state index in [4.69, 9.17) is 42.6 Å². The van der Waals surface area contributed by atoms with E-state index in [2.05, 4.69) is 10.6 Å². The van der Waals surface area contributed by atoms with E-state index >= 15 is 0 Å². The average Bonchev–Trinajstić information content (AvgIpc) is 3.52. The smallest absolute Gasteiger partial charge is 0.407 e. The summed E-state index contributed by atoms with van der Waals surface area (Å²) in [6, 6.07) is 0. The van der Waals surface area contributed by atoms with Crippen LogP contribution >= 0.6 is 0 Å². The zero-order valence-electron chi connectivity index (χ0n) is 25.5. The Labute approximate surface area is 245 Å². The minimum Gasteiger partial charge on any atom is -0.481 e. The van der Waals surface area contributed by atoms with Crippen LogP contribution in [0.3, 0.4) is 0 Å². The summed E-state index contributed by atoms with van der Waals surface area (Å²) in [5, 5.41) is 15.4. The molecule has 42 heavy (non-hydrogen) atoms. The van der Waals surface area contributed by atoms with Crippen molar-refractivity contribution in [3.05, 3.63) is 0 Å². The van der Waals surface area contributed by atoms with E-state index in [0.29, 0.717) is 0 Å². The van der Waals surface area contributed by atoms with E-state index in [1.807, 2.05) is 0 Å². The molecule has 0 radical (unpaired) electrons. The third-order valence-electron chi connectivity index (χ3n) is 7.41. The number of ether oxygens (including phenoxy) is 9. The first kappa shape index (κ1) is 32.8. The number of rotatable bonds is 10. The van der Waals surface area contributed by atoms with E-state index in [9.17, 15) is 19.5 Å². The van der Waals surface area contributed by atoms with Crippen molar-refractivity contribution in [2.75, 3.05) is 27.3 Å². The lowest BCUT2D eigenvalue weighted by molar-refractivity contribution is -0.223. The molecule has 4 fully saturated rings. The fourth-order valence-corrected chi connectivity index (χ4v) is 5.74. The van der Waals surface area contributed by atoms with Crippen LogP contribution in [0, 0.1) is 11.8 Å². The monoisotopic (exact) mass is 604 g/mol. The molecule has 15 nitrogen and oxygen atoms in total. The summed E-state index contributed by atoms with van der Waals surface area (Å²) in [6.45, 7) is 11.5. The van der Waals surface area contributed by atoms with E-state index in [0.717, 1.165) is 0 Å². The molecule has 0 unspecified atom stereocenters. The van der Waals surface area contributed by atoms with Crippen molar-refractivity contribution >= 4 is 18.0 Å². The van der Waals surface area contributed by atoms with Gasteiger partial charge in [0.05, 0.1) is 5.92 Å². The maximum atomic E-state index is 13.7. The van der Waals surface area contributed by atoms with Crippen molar-refractivity contribution in [1.82, 2.24) is 10.6 Å². The number of nitrogens with one attached hydrogen (secondary N) is 2. The molecular formula is C27H44N2O13. The Morgan fingerprint density at radius 3 is 1.67 bits per heavy atom. The number of carboxylic acids is 1. The second-order valence-corrected chi connectivity index (χ2v) is 12.7. The van der Waals surface area contributed by atoms with Crippen LogP contribution in [0.5, 0.6) is 0 Å². The molecule has 4 aliphatic rings. The highest BCUT2D eigenvalue weighted by Gasteiger charge is 2.59. The van der Waals surface area contributed by atoms with Gasteiger partial charge >= 0.3 is 12.1 Å². The Hall–Kier alpha value is -2.11. The lowest BCUT2D eigenvalue weighted by Gasteiger charge is -2.31. The summed E-state index contributed by atoms with van der Waals surface area (Å²) in [5.41, 5.74) is -0.764. The van der Waals surface area contributed by atoms with Crippen LogP contribution in [0.2, 0.25) is 0 Å². The fourth-order valence-electron chi connectivity index (χ4n) is 5.74. The molecule has 4 saturated heterocycles. The topological polar surface area (TPSA) is 179 Å². The molecule has 10 atom stereocenters. The van der Waals surface area contributed by atoms with Crippen molar-refractivity contribution in [3.63, 3.8) is 0 Å². The molecule has 2 amide bonds. The maximum Gasteiger partial charge on any atom is 0.407 e. The number of carboxylic acid groups (broad SMARTS) is 1. The van der Waals surface area contributed by atoms with Gasteiger partial charge < -0.3 is 58.4 Å². The van der Waals surface area contributed by atoms with Crippen LogP contribution < -0.4 is 10.6 Å². The highest BCUT2D eigenvalue weighted by Crippen LogP contribution is 2.42. The lowest BCUT2D eigenvalue weighted by Crippen LogP contribution is -2.52. The molecule has 0 bridgehead atoms. The van der Waals surface area contributed by atoms with Crippen LogP contribution in [0.25, 0.3) is 0 Å². The Morgan fingerprint density at radius 1 is 0.786 bits per heavy atom. The van der Waals surface area contributed by atoms with Gasteiger partial charge in [0.1, 0.15) is 48.1 Å². The molecule has 4 rings (SSSR count). The lowest BCUT2D eigenvalue weighted by atomic mass is 9.93. The van der Waals surface area contributed by atoms with E-state index < -0.39 is 96.2 Å². The molecule has 240 valence electrons. The third-order valence-corrected chi connectivity index (χ3v) is 7.41. The van der Waals surface area contributed by atoms with Gasteiger partial charge in [0.2, 0.25) is 5.91 Å². The summed E-state index contributed by atoms with van der Waals surface area (Å²) in [6.07, 6.45) is -7.00. The summed E-state index contributed by atoms with van der Waals surface area (Å²) < 4.78 is 51.9.